The van der Waals surface area contributed by atoms with Gasteiger partial charge >= 0.3 is 0 Å². The number of aromatic nitrogens is 4. The summed E-state index contributed by atoms with van der Waals surface area (Å²) < 4.78 is 0. The fourth-order valence-electron chi connectivity index (χ4n) is 1.82. The maximum Gasteiger partial charge on any atom is 0.276 e. The van der Waals surface area contributed by atoms with E-state index in [0.29, 0.717) is 16.7 Å². The summed E-state index contributed by atoms with van der Waals surface area (Å²) in [5.41, 5.74) is 2.44. The predicted octanol–water partition coefficient (Wildman–Crippen LogP) is 2.04. The van der Waals surface area contributed by atoms with Crippen LogP contribution in [0.3, 0.4) is 0 Å². The Kier molecular flexibility index (Phi) is 2.64. The lowest BCUT2D eigenvalue weighted by molar-refractivity contribution is 1.10. The van der Waals surface area contributed by atoms with Crippen LogP contribution in [0.5, 0.6) is 0 Å². The molecule has 0 aliphatic carbocycles. The number of aromatic amines is 2. The second kappa shape index (κ2) is 4.30. The molecule has 0 bridgehead atoms. The zero-order valence-electron chi connectivity index (χ0n) is 9.60. The summed E-state index contributed by atoms with van der Waals surface area (Å²) in [6, 6.07) is 7.99. The van der Waals surface area contributed by atoms with Crippen LogP contribution in [0.4, 0.5) is 0 Å². The number of nitrogens with zero attached hydrogens (tertiary/aromatic N) is 2. The van der Waals surface area contributed by atoms with Crippen LogP contribution in [0, 0.1) is 0 Å². The molecule has 3 rings (SSSR count). The molecule has 0 saturated heterocycles. The van der Waals surface area contributed by atoms with Crippen LogP contribution in [0.2, 0.25) is 0 Å². The molecule has 0 fully saturated rings. The first-order chi connectivity index (χ1) is 8.79. The van der Waals surface area contributed by atoms with Crippen molar-refractivity contribution < 1.29 is 0 Å². The number of thioether (sulfide) groups is 1. The van der Waals surface area contributed by atoms with Gasteiger partial charge in [-0.3, -0.25) is 9.89 Å². The highest BCUT2D eigenvalue weighted by atomic mass is 32.2. The van der Waals surface area contributed by atoms with Gasteiger partial charge in [0.2, 0.25) is 0 Å². The van der Waals surface area contributed by atoms with E-state index >= 15 is 0 Å². The van der Waals surface area contributed by atoms with Crippen LogP contribution in [0.25, 0.3) is 22.3 Å². The van der Waals surface area contributed by atoms with Gasteiger partial charge in [0, 0.05) is 10.5 Å². The molecule has 0 radical (unpaired) electrons. The molecule has 3 aromatic rings. The molecule has 0 aliphatic rings. The number of fused-ring (bicyclic) bond motifs is 1. The first-order valence-electron chi connectivity index (χ1n) is 5.36. The predicted molar refractivity (Wildman–Crippen MR) is 71.7 cm³/mol. The van der Waals surface area contributed by atoms with Crippen molar-refractivity contribution in [2.45, 2.75) is 4.90 Å². The number of rotatable bonds is 2. The largest absolute Gasteiger partial charge is 0.311 e. The zero-order valence-corrected chi connectivity index (χ0v) is 10.4. The van der Waals surface area contributed by atoms with Crippen LogP contribution in [0.15, 0.2) is 40.3 Å². The number of nitrogens with one attached hydrogen (secondary N) is 2. The molecule has 18 heavy (non-hydrogen) atoms. The summed E-state index contributed by atoms with van der Waals surface area (Å²) in [5.74, 6) is 0. The van der Waals surface area contributed by atoms with Gasteiger partial charge < -0.3 is 4.98 Å². The monoisotopic (exact) mass is 258 g/mol. The summed E-state index contributed by atoms with van der Waals surface area (Å²) in [6.07, 6.45) is 3.41. The fourth-order valence-corrected chi connectivity index (χ4v) is 2.28. The Morgan fingerprint density at radius 3 is 3.06 bits per heavy atom. The molecule has 0 spiro atoms. The average Bonchev–Trinajstić information content (AvgIpc) is 2.84. The van der Waals surface area contributed by atoms with E-state index in [1.54, 1.807) is 11.8 Å². The standard InChI is InChI=1S/C12H10N4OS/c1-18-8-4-2-3-7(5-8)9-10-11(16-15-9)12(17)14-6-13-10/h2-6H,1H3,(H,15,16)(H,13,14,17). The van der Waals surface area contributed by atoms with Crippen LogP contribution >= 0.6 is 11.8 Å². The molecule has 2 aromatic heterocycles. The third-order valence-electron chi connectivity index (χ3n) is 2.70. The minimum Gasteiger partial charge on any atom is -0.311 e. The molecule has 2 N–H and O–H groups in total. The molecule has 2 heterocycles. The minimum absolute atomic E-state index is 0.209. The first kappa shape index (κ1) is 11.0. The van der Waals surface area contributed by atoms with Crippen LogP contribution in [-0.2, 0) is 0 Å². The maximum atomic E-state index is 11.6. The zero-order chi connectivity index (χ0) is 12.5. The van der Waals surface area contributed by atoms with Crippen molar-refractivity contribution in [1.29, 1.82) is 0 Å². The quantitative estimate of drug-likeness (QED) is 0.690. The van der Waals surface area contributed by atoms with Gasteiger partial charge in [0.15, 0.2) is 0 Å². The van der Waals surface area contributed by atoms with Gasteiger partial charge in [0.05, 0.1) is 6.33 Å². The highest BCUT2D eigenvalue weighted by Crippen LogP contribution is 2.26. The minimum atomic E-state index is -0.209. The highest BCUT2D eigenvalue weighted by molar-refractivity contribution is 7.98. The Morgan fingerprint density at radius 1 is 1.33 bits per heavy atom. The Balaban J connectivity index is 2.25. The Bertz CT molecular complexity index is 762. The normalized spacial score (nSPS) is 10.9. The number of benzene rings is 1. The SMILES string of the molecule is CSc1cccc(-c2n[nH]c3c(=O)[nH]cnc23)c1. The van der Waals surface area contributed by atoms with Crippen molar-refractivity contribution in [1.82, 2.24) is 20.2 Å². The van der Waals surface area contributed by atoms with E-state index in [1.165, 1.54) is 6.33 Å². The highest BCUT2D eigenvalue weighted by Gasteiger charge is 2.11. The molecule has 0 atom stereocenters. The maximum absolute atomic E-state index is 11.6. The molecule has 6 heteroatoms. The van der Waals surface area contributed by atoms with Crippen molar-refractivity contribution >= 4 is 22.8 Å². The van der Waals surface area contributed by atoms with Crippen molar-refractivity contribution in [3.05, 3.63) is 40.9 Å². The van der Waals surface area contributed by atoms with Crippen LogP contribution in [-0.4, -0.2) is 26.4 Å². The third-order valence-corrected chi connectivity index (χ3v) is 3.43. The first-order valence-corrected chi connectivity index (χ1v) is 6.58. The fraction of sp³-hybridized carbons (Fsp3) is 0.0833. The molecule has 0 amide bonds. The molecule has 5 nitrogen and oxygen atoms in total. The van der Waals surface area contributed by atoms with Gasteiger partial charge in [-0.2, -0.15) is 5.10 Å². The molecular weight excluding hydrogens is 248 g/mol. The Hall–Kier alpha value is -2.08. The summed E-state index contributed by atoms with van der Waals surface area (Å²) in [5, 5.41) is 6.91. The van der Waals surface area contributed by atoms with Gasteiger partial charge in [-0.25, -0.2) is 4.98 Å². The lowest BCUT2D eigenvalue weighted by atomic mass is 10.1. The van der Waals surface area contributed by atoms with Crippen molar-refractivity contribution in [2.24, 2.45) is 0 Å². The van der Waals surface area contributed by atoms with E-state index in [2.05, 4.69) is 20.2 Å². The lowest BCUT2D eigenvalue weighted by Crippen LogP contribution is -2.05. The smallest absolute Gasteiger partial charge is 0.276 e. The molecule has 90 valence electrons. The van der Waals surface area contributed by atoms with Crippen molar-refractivity contribution in [2.75, 3.05) is 6.26 Å². The van der Waals surface area contributed by atoms with E-state index in [9.17, 15) is 4.79 Å². The van der Waals surface area contributed by atoms with E-state index in [0.717, 1.165) is 10.5 Å². The molecule has 0 aliphatic heterocycles. The molecule has 1 aromatic carbocycles. The number of H-pyrrole nitrogens is 2. The lowest BCUT2D eigenvalue weighted by Gasteiger charge is -2.00. The van der Waals surface area contributed by atoms with E-state index < -0.39 is 0 Å². The summed E-state index contributed by atoms with van der Waals surface area (Å²) in [4.78, 5) is 19.4. The Morgan fingerprint density at radius 2 is 2.22 bits per heavy atom. The van der Waals surface area contributed by atoms with E-state index in [1.807, 2.05) is 30.5 Å². The van der Waals surface area contributed by atoms with Gasteiger partial charge in [0.1, 0.15) is 16.7 Å². The van der Waals surface area contributed by atoms with Crippen LogP contribution < -0.4 is 5.56 Å². The molecular formula is C12H10N4OS. The topological polar surface area (TPSA) is 74.4 Å². The van der Waals surface area contributed by atoms with E-state index in [4.69, 9.17) is 0 Å². The number of hydrogen-bond acceptors (Lipinski definition) is 4. The Labute approximate surface area is 107 Å². The summed E-state index contributed by atoms with van der Waals surface area (Å²) >= 11 is 1.66. The van der Waals surface area contributed by atoms with Gasteiger partial charge in [0.25, 0.3) is 5.56 Å². The van der Waals surface area contributed by atoms with Crippen molar-refractivity contribution in [3.63, 3.8) is 0 Å². The second-order valence-corrected chi connectivity index (χ2v) is 4.64. The van der Waals surface area contributed by atoms with Crippen LogP contribution in [0.1, 0.15) is 0 Å². The second-order valence-electron chi connectivity index (χ2n) is 3.76. The summed E-state index contributed by atoms with van der Waals surface area (Å²) in [6.45, 7) is 0. The number of hydrogen-bond donors (Lipinski definition) is 2. The molecule has 0 unspecified atom stereocenters. The summed E-state index contributed by atoms with van der Waals surface area (Å²) in [7, 11) is 0. The molecule has 0 saturated carbocycles. The average molecular weight is 258 g/mol. The van der Waals surface area contributed by atoms with Gasteiger partial charge in [-0.05, 0) is 18.4 Å². The van der Waals surface area contributed by atoms with Gasteiger partial charge in [-0.15, -0.1) is 11.8 Å². The third kappa shape index (κ3) is 1.70. The van der Waals surface area contributed by atoms with E-state index in [-0.39, 0.29) is 5.56 Å². The van der Waals surface area contributed by atoms with Crippen molar-refractivity contribution in [3.8, 4) is 11.3 Å². The van der Waals surface area contributed by atoms with Gasteiger partial charge in [-0.1, -0.05) is 12.1 Å².